The molecule has 1 aliphatic rings. The molecule has 1 heteroatoms. The fourth-order valence-electron chi connectivity index (χ4n) is 0.459. The molecule has 0 bridgehead atoms. The minimum atomic E-state index is -0.231. The summed E-state index contributed by atoms with van der Waals surface area (Å²) in [6, 6.07) is 0. The summed E-state index contributed by atoms with van der Waals surface area (Å²) in [4.78, 5) is 0. The summed E-state index contributed by atoms with van der Waals surface area (Å²) in [5, 5.41) is 0. The third kappa shape index (κ3) is 1.10. The van der Waals surface area contributed by atoms with Crippen molar-refractivity contribution in [2.45, 2.75) is 13.8 Å². The average molecular weight is 202 g/mol. The van der Waals surface area contributed by atoms with Crippen molar-refractivity contribution in [2.24, 2.45) is 0 Å². The second kappa shape index (κ2) is 2.04. The van der Waals surface area contributed by atoms with Gasteiger partial charge in [-0.1, -0.05) is 0 Å². The topological polar surface area (TPSA) is 0 Å². The number of hydrogen-bond acceptors (Lipinski definition) is 0. The third-order valence-corrected chi connectivity index (χ3v) is 4.27. The van der Waals surface area contributed by atoms with Crippen molar-refractivity contribution >= 4 is 21.6 Å². The first-order valence-electron chi connectivity index (χ1n) is 2.33. The zero-order chi connectivity index (χ0) is 5.28. The molecule has 37 valence electrons. The molecule has 7 heavy (non-hydrogen) atoms. The van der Waals surface area contributed by atoms with Gasteiger partial charge in [0.2, 0.25) is 0 Å². The monoisotopic (exact) mass is 201 g/mol. The van der Waals surface area contributed by atoms with E-state index in [4.69, 9.17) is 0 Å². The summed E-state index contributed by atoms with van der Waals surface area (Å²) in [6.07, 6.45) is 0. The molecule has 0 aromatic heterocycles. The molecule has 0 N–H and O–H groups in total. The van der Waals surface area contributed by atoms with Gasteiger partial charge in [0.1, 0.15) is 0 Å². The zero-order valence-corrected chi connectivity index (χ0v) is 7.43. The van der Waals surface area contributed by atoms with E-state index in [1.807, 2.05) is 0 Å². The number of allylic oxidation sites excluding steroid dienone is 2. The number of rotatable bonds is 0. The van der Waals surface area contributed by atoms with Crippen molar-refractivity contribution in [3.05, 3.63) is 19.2 Å². The normalized spacial score (nSPS) is 19.1. The van der Waals surface area contributed by atoms with Gasteiger partial charge in [0, 0.05) is 0 Å². The van der Waals surface area contributed by atoms with Crippen molar-refractivity contribution in [1.82, 2.24) is 0 Å². The van der Waals surface area contributed by atoms with Gasteiger partial charge in [-0.05, 0) is 0 Å². The van der Waals surface area contributed by atoms with Crippen molar-refractivity contribution in [2.75, 3.05) is 0 Å². The van der Waals surface area contributed by atoms with Crippen molar-refractivity contribution in [3.8, 4) is 0 Å². The molecular weight excluding hydrogens is 194 g/mol. The summed E-state index contributed by atoms with van der Waals surface area (Å²) in [7, 11) is 0. The molecule has 0 aromatic carbocycles. The van der Waals surface area contributed by atoms with Crippen LogP contribution >= 0.6 is 0 Å². The molecule has 1 aliphatic heterocycles. The van der Waals surface area contributed by atoms with Gasteiger partial charge < -0.3 is 0 Å². The SMILES string of the molecule is CC1=[C][SbH][CH]=C1C. The average Bonchev–Trinajstić information content (AvgIpc) is 1.91. The van der Waals surface area contributed by atoms with Gasteiger partial charge in [-0.25, -0.2) is 0 Å². The second-order valence-electron chi connectivity index (χ2n) is 1.72. The Morgan fingerprint density at radius 2 is 2.29 bits per heavy atom. The van der Waals surface area contributed by atoms with E-state index in [9.17, 15) is 0 Å². The van der Waals surface area contributed by atoms with Crippen LogP contribution in [-0.4, -0.2) is 21.6 Å². The van der Waals surface area contributed by atoms with Crippen LogP contribution in [0.25, 0.3) is 0 Å². The maximum atomic E-state index is 3.36. The Hall–Kier alpha value is 0.298. The van der Waals surface area contributed by atoms with Gasteiger partial charge >= 0.3 is 54.7 Å². The second-order valence-corrected chi connectivity index (χ2v) is 4.08. The van der Waals surface area contributed by atoms with E-state index in [-0.39, 0.29) is 21.6 Å². The summed E-state index contributed by atoms with van der Waals surface area (Å²) in [5.74, 6) is 0. The third-order valence-electron chi connectivity index (χ3n) is 1.14. The van der Waals surface area contributed by atoms with E-state index in [0.29, 0.717) is 0 Å². The summed E-state index contributed by atoms with van der Waals surface area (Å²) in [5.41, 5.74) is 2.86. The molecular formula is C6H8Sb. The minimum absolute atomic E-state index is 0.231. The fourth-order valence-corrected chi connectivity index (χ4v) is 3.08. The summed E-state index contributed by atoms with van der Waals surface area (Å²) < 4.78 is 5.72. The number of hydrogen-bond donors (Lipinski definition) is 0. The molecule has 1 rings (SSSR count). The Kier molecular flexibility index (Phi) is 1.59. The van der Waals surface area contributed by atoms with Crippen LogP contribution in [0.3, 0.4) is 0 Å². The van der Waals surface area contributed by atoms with Gasteiger partial charge in [0.25, 0.3) is 0 Å². The maximum absolute atomic E-state index is 3.36. The molecule has 0 atom stereocenters. The first-order valence-corrected chi connectivity index (χ1v) is 5.40. The van der Waals surface area contributed by atoms with Crippen LogP contribution < -0.4 is 0 Å². The molecule has 0 spiro atoms. The van der Waals surface area contributed by atoms with Crippen LogP contribution in [0.15, 0.2) is 15.2 Å². The van der Waals surface area contributed by atoms with Crippen molar-refractivity contribution < 1.29 is 0 Å². The molecule has 0 amide bonds. The Labute approximate surface area is 54.8 Å². The zero-order valence-electron chi connectivity index (χ0n) is 4.58. The quantitative estimate of drug-likeness (QED) is 0.515. The molecule has 1 heterocycles. The Bertz CT molecular complexity index is 115. The van der Waals surface area contributed by atoms with E-state index in [0.717, 1.165) is 0 Å². The molecule has 0 aromatic rings. The van der Waals surface area contributed by atoms with Crippen LogP contribution in [-0.2, 0) is 0 Å². The summed E-state index contributed by atoms with van der Waals surface area (Å²) in [6.45, 7) is 4.30. The Morgan fingerprint density at radius 3 is 2.43 bits per heavy atom. The van der Waals surface area contributed by atoms with Crippen molar-refractivity contribution in [3.63, 3.8) is 0 Å². The molecule has 0 nitrogen and oxygen atoms in total. The van der Waals surface area contributed by atoms with Gasteiger partial charge in [0.15, 0.2) is 0 Å². The van der Waals surface area contributed by atoms with E-state index >= 15 is 0 Å². The van der Waals surface area contributed by atoms with E-state index in [1.165, 1.54) is 11.1 Å². The van der Waals surface area contributed by atoms with Gasteiger partial charge in [-0.3, -0.25) is 0 Å². The Balaban J connectivity index is 2.78. The molecule has 1 radical (unpaired) electrons. The standard InChI is InChI=1S/C6H7.Sb.H/c1-5(2)6(3)4;;/h1H,2-3H3;;. The van der Waals surface area contributed by atoms with E-state index in [1.54, 1.807) is 0 Å². The van der Waals surface area contributed by atoms with Gasteiger partial charge in [-0.2, -0.15) is 0 Å². The van der Waals surface area contributed by atoms with Crippen LogP contribution in [0.2, 0.25) is 0 Å². The van der Waals surface area contributed by atoms with Crippen LogP contribution in [0.1, 0.15) is 13.8 Å². The predicted molar refractivity (Wildman–Crippen MR) is 33.3 cm³/mol. The molecule has 0 saturated carbocycles. The molecule has 0 aliphatic carbocycles. The predicted octanol–water partition coefficient (Wildman–Crippen LogP) is 1.05. The first kappa shape index (κ1) is 5.44. The molecule has 0 unspecified atom stereocenters. The van der Waals surface area contributed by atoms with Crippen LogP contribution in [0.5, 0.6) is 0 Å². The first-order chi connectivity index (χ1) is 3.30. The van der Waals surface area contributed by atoms with Crippen molar-refractivity contribution in [1.29, 1.82) is 0 Å². The molecule has 0 fully saturated rings. The van der Waals surface area contributed by atoms with Crippen LogP contribution in [0.4, 0.5) is 0 Å². The van der Waals surface area contributed by atoms with Crippen LogP contribution in [0, 0.1) is 4.02 Å². The van der Waals surface area contributed by atoms with Gasteiger partial charge in [0.05, 0.1) is 0 Å². The van der Waals surface area contributed by atoms with Gasteiger partial charge in [-0.15, -0.1) is 0 Å². The molecule has 0 saturated heterocycles. The fraction of sp³-hybridized carbons (Fsp3) is 0.333. The Morgan fingerprint density at radius 1 is 1.57 bits per heavy atom. The van der Waals surface area contributed by atoms with E-state index < -0.39 is 0 Å². The van der Waals surface area contributed by atoms with E-state index in [2.05, 4.69) is 21.9 Å². The summed E-state index contributed by atoms with van der Waals surface area (Å²) >= 11 is -0.231.